The van der Waals surface area contributed by atoms with Crippen molar-refractivity contribution in [2.75, 3.05) is 11.9 Å². The molecule has 0 saturated carbocycles. The van der Waals surface area contributed by atoms with Crippen LogP contribution in [0.4, 0.5) is 5.69 Å². The molecule has 4 heteroatoms. The number of para-hydroxylation sites is 1. The fourth-order valence-corrected chi connectivity index (χ4v) is 1.98. The fraction of sp³-hybridized carbons (Fsp3) is 0.176. The molecule has 0 bridgehead atoms. The molecule has 2 aromatic rings. The molecule has 0 heterocycles. The monoisotopic (exact) mass is 280 g/mol. The lowest BCUT2D eigenvalue weighted by atomic mass is 10.1. The molecule has 1 amide bonds. The van der Waals surface area contributed by atoms with Gasteiger partial charge in [-0.1, -0.05) is 29.8 Å². The Morgan fingerprint density at radius 2 is 2.00 bits per heavy atom. The standard InChI is InChI=1S/C17H16N2O2/c1-12-7-8-16(13(2)9-12)21-11-17(20)19-15-6-4-3-5-14(15)10-18/h3-9H,11H2,1-2H3,(H,19,20). The van der Waals surface area contributed by atoms with Crippen LogP contribution >= 0.6 is 0 Å². The minimum atomic E-state index is -0.294. The van der Waals surface area contributed by atoms with E-state index in [1.165, 1.54) is 0 Å². The molecule has 0 aromatic heterocycles. The molecular formula is C17H16N2O2. The lowest BCUT2D eigenvalue weighted by Crippen LogP contribution is -2.20. The van der Waals surface area contributed by atoms with Gasteiger partial charge in [0.15, 0.2) is 6.61 Å². The van der Waals surface area contributed by atoms with Crippen molar-refractivity contribution in [3.05, 3.63) is 59.2 Å². The molecule has 0 atom stereocenters. The first-order valence-electron chi connectivity index (χ1n) is 6.59. The van der Waals surface area contributed by atoms with Gasteiger partial charge in [0.2, 0.25) is 0 Å². The third-order valence-corrected chi connectivity index (χ3v) is 3.01. The normalized spacial score (nSPS) is 9.76. The molecule has 2 aromatic carbocycles. The number of hydrogen-bond donors (Lipinski definition) is 1. The van der Waals surface area contributed by atoms with Crippen LogP contribution in [0.15, 0.2) is 42.5 Å². The topological polar surface area (TPSA) is 62.1 Å². The molecule has 0 aliphatic heterocycles. The number of nitrogens with one attached hydrogen (secondary N) is 1. The molecule has 0 radical (unpaired) electrons. The van der Waals surface area contributed by atoms with Gasteiger partial charge in [-0.05, 0) is 37.6 Å². The number of rotatable bonds is 4. The van der Waals surface area contributed by atoms with Crippen LogP contribution < -0.4 is 10.1 Å². The van der Waals surface area contributed by atoms with E-state index >= 15 is 0 Å². The van der Waals surface area contributed by atoms with Gasteiger partial charge in [-0.3, -0.25) is 4.79 Å². The molecular weight excluding hydrogens is 264 g/mol. The van der Waals surface area contributed by atoms with Gasteiger partial charge >= 0.3 is 0 Å². The Kier molecular flexibility index (Phi) is 4.57. The molecule has 2 rings (SSSR count). The number of benzene rings is 2. The van der Waals surface area contributed by atoms with Crippen LogP contribution in [0.25, 0.3) is 0 Å². The molecule has 21 heavy (non-hydrogen) atoms. The predicted octanol–water partition coefficient (Wildman–Crippen LogP) is 3.19. The number of hydrogen-bond acceptors (Lipinski definition) is 3. The summed E-state index contributed by atoms with van der Waals surface area (Å²) in [5.74, 6) is 0.391. The SMILES string of the molecule is Cc1ccc(OCC(=O)Nc2ccccc2C#N)c(C)c1. The van der Waals surface area contributed by atoms with Gasteiger partial charge in [-0.25, -0.2) is 0 Å². The first-order chi connectivity index (χ1) is 10.1. The summed E-state index contributed by atoms with van der Waals surface area (Å²) in [6.45, 7) is 3.84. The lowest BCUT2D eigenvalue weighted by Gasteiger charge is -2.10. The first-order valence-corrected chi connectivity index (χ1v) is 6.59. The molecule has 106 valence electrons. The average molecular weight is 280 g/mol. The molecule has 1 N–H and O–H groups in total. The summed E-state index contributed by atoms with van der Waals surface area (Å²) in [6.07, 6.45) is 0. The van der Waals surface area contributed by atoms with Crippen molar-refractivity contribution < 1.29 is 9.53 Å². The summed E-state index contributed by atoms with van der Waals surface area (Å²) in [6, 6.07) is 14.7. The predicted molar refractivity (Wildman–Crippen MR) is 81.2 cm³/mol. The van der Waals surface area contributed by atoms with Gasteiger partial charge in [0.1, 0.15) is 11.8 Å². The summed E-state index contributed by atoms with van der Waals surface area (Å²) in [4.78, 5) is 11.9. The molecule has 0 aliphatic carbocycles. The molecule has 0 saturated heterocycles. The highest BCUT2D eigenvalue weighted by Gasteiger charge is 2.08. The molecule has 0 spiro atoms. The number of anilines is 1. The highest BCUT2D eigenvalue weighted by Crippen LogP contribution is 2.19. The summed E-state index contributed by atoms with van der Waals surface area (Å²) < 4.78 is 5.50. The fourth-order valence-electron chi connectivity index (χ4n) is 1.98. The number of aryl methyl sites for hydroxylation is 2. The van der Waals surface area contributed by atoms with Gasteiger partial charge in [0, 0.05) is 0 Å². The smallest absolute Gasteiger partial charge is 0.262 e. The zero-order chi connectivity index (χ0) is 15.2. The quantitative estimate of drug-likeness (QED) is 0.935. The van der Waals surface area contributed by atoms with Gasteiger partial charge < -0.3 is 10.1 Å². The van der Waals surface area contributed by atoms with Crippen LogP contribution in [-0.2, 0) is 4.79 Å². The van der Waals surface area contributed by atoms with Gasteiger partial charge in [-0.2, -0.15) is 5.26 Å². The maximum atomic E-state index is 11.9. The van der Waals surface area contributed by atoms with Crippen molar-refractivity contribution in [3.8, 4) is 11.8 Å². The minimum absolute atomic E-state index is 0.0936. The second-order valence-corrected chi connectivity index (χ2v) is 4.76. The van der Waals surface area contributed by atoms with Crippen LogP contribution in [0, 0.1) is 25.2 Å². The Balaban J connectivity index is 1.98. The third kappa shape index (κ3) is 3.83. The van der Waals surface area contributed by atoms with Crippen LogP contribution in [-0.4, -0.2) is 12.5 Å². The van der Waals surface area contributed by atoms with E-state index in [0.29, 0.717) is 17.0 Å². The second-order valence-electron chi connectivity index (χ2n) is 4.76. The Bertz CT molecular complexity index is 702. The minimum Gasteiger partial charge on any atom is -0.483 e. The van der Waals surface area contributed by atoms with Crippen LogP contribution in [0.3, 0.4) is 0 Å². The molecule has 4 nitrogen and oxygen atoms in total. The van der Waals surface area contributed by atoms with E-state index in [9.17, 15) is 4.79 Å². The molecule has 0 unspecified atom stereocenters. The van der Waals surface area contributed by atoms with E-state index in [4.69, 9.17) is 10.00 Å². The van der Waals surface area contributed by atoms with Gasteiger partial charge in [-0.15, -0.1) is 0 Å². The highest BCUT2D eigenvalue weighted by molar-refractivity contribution is 5.93. The van der Waals surface area contributed by atoms with Crippen LogP contribution in [0.1, 0.15) is 16.7 Å². The number of amides is 1. The summed E-state index contributed by atoms with van der Waals surface area (Å²) in [7, 11) is 0. The van der Waals surface area contributed by atoms with Gasteiger partial charge in [0.25, 0.3) is 5.91 Å². The van der Waals surface area contributed by atoms with Crippen molar-refractivity contribution >= 4 is 11.6 Å². The Morgan fingerprint density at radius 3 is 2.71 bits per heavy atom. The van der Waals surface area contributed by atoms with Crippen LogP contribution in [0.5, 0.6) is 5.75 Å². The van der Waals surface area contributed by atoms with E-state index in [2.05, 4.69) is 5.32 Å². The third-order valence-electron chi connectivity index (χ3n) is 3.01. The Labute approximate surface area is 124 Å². The van der Waals surface area contributed by atoms with E-state index in [0.717, 1.165) is 11.1 Å². The largest absolute Gasteiger partial charge is 0.483 e. The van der Waals surface area contributed by atoms with E-state index in [1.54, 1.807) is 24.3 Å². The van der Waals surface area contributed by atoms with Crippen molar-refractivity contribution in [1.82, 2.24) is 0 Å². The second kappa shape index (κ2) is 6.58. The number of carbonyl (C=O) groups is 1. The van der Waals surface area contributed by atoms with Crippen molar-refractivity contribution in [2.45, 2.75) is 13.8 Å². The molecule has 0 aliphatic rings. The lowest BCUT2D eigenvalue weighted by molar-refractivity contribution is -0.118. The van der Waals surface area contributed by atoms with Crippen molar-refractivity contribution in [3.63, 3.8) is 0 Å². The average Bonchev–Trinajstić information content (AvgIpc) is 2.47. The van der Waals surface area contributed by atoms with Crippen molar-refractivity contribution in [1.29, 1.82) is 5.26 Å². The number of nitriles is 1. The van der Waals surface area contributed by atoms with E-state index < -0.39 is 0 Å². The zero-order valence-corrected chi connectivity index (χ0v) is 12.0. The zero-order valence-electron chi connectivity index (χ0n) is 12.0. The maximum absolute atomic E-state index is 11.9. The summed E-state index contributed by atoms with van der Waals surface area (Å²) in [5, 5.41) is 11.6. The Morgan fingerprint density at radius 1 is 1.24 bits per heavy atom. The summed E-state index contributed by atoms with van der Waals surface area (Å²) >= 11 is 0. The number of ether oxygens (including phenoxy) is 1. The number of carbonyl (C=O) groups excluding carboxylic acids is 1. The summed E-state index contributed by atoms with van der Waals surface area (Å²) in [5.41, 5.74) is 3.05. The first kappa shape index (κ1) is 14.6. The van der Waals surface area contributed by atoms with E-state index in [-0.39, 0.29) is 12.5 Å². The van der Waals surface area contributed by atoms with Crippen molar-refractivity contribution in [2.24, 2.45) is 0 Å². The maximum Gasteiger partial charge on any atom is 0.262 e. The van der Waals surface area contributed by atoms with Crippen LogP contribution in [0.2, 0.25) is 0 Å². The molecule has 0 fully saturated rings. The Hall–Kier alpha value is -2.80. The number of nitrogens with zero attached hydrogens (tertiary/aromatic N) is 1. The highest BCUT2D eigenvalue weighted by atomic mass is 16.5. The van der Waals surface area contributed by atoms with Gasteiger partial charge in [0.05, 0.1) is 11.3 Å². The van der Waals surface area contributed by atoms with E-state index in [1.807, 2.05) is 38.1 Å².